The fourth-order valence-electron chi connectivity index (χ4n) is 4.16. The predicted octanol–water partition coefficient (Wildman–Crippen LogP) is 4.34. The summed E-state index contributed by atoms with van der Waals surface area (Å²) in [4.78, 5) is 12.3. The molecule has 38 heavy (non-hydrogen) atoms. The van der Waals surface area contributed by atoms with Crippen molar-refractivity contribution in [3.8, 4) is 17.1 Å². The molecule has 206 valence electrons. The molecule has 4 rings (SSSR count). The lowest BCUT2D eigenvalue weighted by molar-refractivity contribution is -0.137. The highest BCUT2D eigenvalue weighted by Crippen LogP contribution is 2.36. The van der Waals surface area contributed by atoms with Gasteiger partial charge in [-0.1, -0.05) is 37.6 Å². The highest BCUT2D eigenvalue weighted by Gasteiger charge is 2.36. The third kappa shape index (κ3) is 6.63. The first-order valence-corrected chi connectivity index (χ1v) is 14.3. The molecule has 1 fully saturated rings. The molecule has 1 saturated heterocycles. The maximum atomic E-state index is 13.9. The van der Waals surface area contributed by atoms with Crippen LogP contribution in [0.3, 0.4) is 0 Å². The van der Waals surface area contributed by atoms with Crippen molar-refractivity contribution in [3.05, 3.63) is 53.1 Å². The van der Waals surface area contributed by atoms with E-state index in [0.717, 1.165) is 18.0 Å². The Morgan fingerprint density at radius 2 is 1.89 bits per heavy atom. The lowest BCUT2D eigenvalue weighted by atomic mass is 10.1. The quantitative estimate of drug-likeness (QED) is 0.414. The van der Waals surface area contributed by atoms with Gasteiger partial charge in [0, 0.05) is 44.1 Å². The van der Waals surface area contributed by atoms with Crippen LogP contribution >= 0.6 is 11.6 Å². The van der Waals surface area contributed by atoms with Gasteiger partial charge in [-0.2, -0.15) is 13.2 Å². The van der Waals surface area contributed by atoms with Crippen molar-refractivity contribution in [1.82, 2.24) is 29.1 Å². The summed E-state index contributed by atoms with van der Waals surface area (Å²) in [6.07, 6.45) is 0.985. The number of imidazole rings is 1. The van der Waals surface area contributed by atoms with E-state index in [9.17, 15) is 21.6 Å². The third-order valence-corrected chi connectivity index (χ3v) is 7.95. The van der Waals surface area contributed by atoms with E-state index in [1.165, 1.54) is 16.8 Å². The molecule has 9 nitrogen and oxygen atoms in total. The van der Waals surface area contributed by atoms with E-state index in [0.29, 0.717) is 43.2 Å². The van der Waals surface area contributed by atoms with Crippen molar-refractivity contribution in [3.63, 3.8) is 0 Å². The SMILES string of the molecule is CC(C)NCc1cccc(-n2cnc(-c3nc(NC4CCN(S(C)(=O)=O)CC4)ncc3C(F)(F)F)c2)c1Cl. The smallest absolute Gasteiger partial charge is 0.351 e. The van der Waals surface area contributed by atoms with Gasteiger partial charge >= 0.3 is 6.18 Å². The molecule has 1 aliphatic rings. The molecule has 0 unspecified atom stereocenters. The second kappa shape index (κ2) is 11.2. The molecule has 0 bridgehead atoms. The topological polar surface area (TPSA) is 105 Å². The number of rotatable bonds is 8. The average Bonchev–Trinajstić information content (AvgIpc) is 3.32. The number of sulfonamides is 1. The van der Waals surface area contributed by atoms with Gasteiger partial charge in [0.05, 0.1) is 17.0 Å². The van der Waals surface area contributed by atoms with Crippen LogP contribution in [0.15, 0.2) is 36.9 Å². The summed E-state index contributed by atoms with van der Waals surface area (Å²) in [6, 6.07) is 5.53. The summed E-state index contributed by atoms with van der Waals surface area (Å²) >= 11 is 6.61. The van der Waals surface area contributed by atoms with E-state index in [4.69, 9.17) is 11.6 Å². The largest absolute Gasteiger partial charge is 0.420 e. The minimum atomic E-state index is -4.70. The summed E-state index contributed by atoms with van der Waals surface area (Å²) in [7, 11) is -3.29. The molecule has 2 N–H and O–H groups in total. The van der Waals surface area contributed by atoms with E-state index in [1.54, 1.807) is 10.6 Å². The van der Waals surface area contributed by atoms with Gasteiger partial charge in [0.15, 0.2) is 0 Å². The first kappa shape index (κ1) is 28.3. The molecule has 1 aliphatic heterocycles. The molecule has 0 saturated carbocycles. The van der Waals surface area contributed by atoms with Crippen molar-refractivity contribution < 1.29 is 21.6 Å². The Hall–Kier alpha value is -2.74. The molecule has 0 aliphatic carbocycles. The van der Waals surface area contributed by atoms with Crippen LogP contribution in [-0.2, 0) is 22.7 Å². The molecule has 2 aromatic heterocycles. The zero-order valence-electron chi connectivity index (χ0n) is 21.1. The molecule has 0 amide bonds. The van der Waals surface area contributed by atoms with Crippen LogP contribution in [0.1, 0.15) is 37.8 Å². The van der Waals surface area contributed by atoms with Gasteiger partial charge in [0.1, 0.15) is 23.3 Å². The van der Waals surface area contributed by atoms with Gasteiger partial charge in [0.2, 0.25) is 16.0 Å². The fourth-order valence-corrected chi connectivity index (χ4v) is 5.33. The standard InChI is InChI=1S/C24H29ClF3N7O2S/c1-15(2)29-11-16-5-4-6-20(21(16)25)34-13-19(31-14-34)22-18(24(26,27)28)12-30-23(33-22)32-17-7-9-35(10-8-17)38(3,36)37/h4-6,12-15,17,29H,7-11H2,1-3H3,(H,30,32,33). The molecule has 3 aromatic rings. The minimum Gasteiger partial charge on any atom is -0.351 e. The Kier molecular flexibility index (Phi) is 8.31. The van der Waals surface area contributed by atoms with Gasteiger partial charge in [-0.25, -0.2) is 27.7 Å². The van der Waals surface area contributed by atoms with E-state index >= 15 is 0 Å². The van der Waals surface area contributed by atoms with Gasteiger partial charge in [-0.3, -0.25) is 0 Å². The van der Waals surface area contributed by atoms with Crippen molar-refractivity contribution in [2.24, 2.45) is 0 Å². The number of hydrogen-bond acceptors (Lipinski definition) is 7. The number of nitrogens with zero attached hydrogens (tertiary/aromatic N) is 5. The summed E-state index contributed by atoms with van der Waals surface area (Å²) < 4.78 is 68.0. The van der Waals surface area contributed by atoms with Crippen molar-refractivity contribution in [2.45, 2.75) is 51.5 Å². The van der Waals surface area contributed by atoms with E-state index < -0.39 is 21.8 Å². The Morgan fingerprint density at radius 3 is 2.53 bits per heavy atom. The fraction of sp³-hybridized carbons (Fsp3) is 0.458. The minimum absolute atomic E-state index is 0.0106. The summed E-state index contributed by atoms with van der Waals surface area (Å²) in [5, 5.41) is 6.81. The van der Waals surface area contributed by atoms with Crippen LogP contribution in [-0.4, -0.2) is 63.7 Å². The summed E-state index contributed by atoms with van der Waals surface area (Å²) in [6.45, 7) is 5.18. The number of halogens is 4. The molecular weight excluding hydrogens is 543 g/mol. The highest BCUT2D eigenvalue weighted by molar-refractivity contribution is 7.88. The molecule has 0 radical (unpaired) electrons. The van der Waals surface area contributed by atoms with Crippen LogP contribution in [0.4, 0.5) is 19.1 Å². The maximum absolute atomic E-state index is 13.9. The summed E-state index contributed by atoms with van der Waals surface area (Å²) in [5.41, 5.74) is 0.0558. The zero-order chi connectivity index (χ0) is 27.7. The first-order chi connectivity index (χ1) is 17.8. The summed E-state index contributed by atoms with van der Waals surface area (Å²) in [5.74, 6) is 0.0140. The highest BCUT2D eigenvalue weighted by atomic mass is 35.5. The Balaban J connectivity index is 1.61. The number of anilines is 1. The second-order valence-corrected chi connectivity index (χ2v) is 11.8. The first-order valence-electron chi connectivity index (χ1n) is 12.0. The number of benzene rings is 1. The van der Waals surface area contributed by atoms with Gasteiger partial charge < -0.3 is 15.2 Å². The van der Waals surface area contributed by atoms with Crippen LogP contribution < -0.4 is 10.6 Å². The Bertz CT molecular complexity index is 1390. The van der Waals surface area contributed by atoms with Gasteiger partial charge in [-0.15, -0.1) is 0 Å². The van der Waals surface area contributed by atoms with Gasteiger partial charge in [-0.05, 0) is 24.5 Å². The molecular formula is C24H29ClF3N7O2S. The molecule has 0 spiro atoms. The maximum Gasteiger partial charge on any atom is 0.420 e. The Morgan fingerprint density at radius 1 is 1.18 bits per heavy atom. The lowest BCUT2D eigenvalue weighted by Gasteiger charge is -2.30. The second-order valence-electron chi connectivity index (χ2n) is 9.49. The Labute approximate surface area is 224 Å². The van der Waals surface area contributed by atoms with E-state index in [2.05, 4.69) is 25.6 Å². The average molecular weight is 572 g/mol. The predicted molar refractivity (Wildman–Crippen MR) is 140 cm³/mol. The number of nitrogens with one attached hydrogen (secondary N) is 2. The van der Waals surface area contributed by atoms with E-state index in [1.807, 2.05) is 26.0 Å². The zero-order valence-corrected chi connectivity index (χ0v) is 22.7. The van der Waals surface area contributed by atoms with Gasteiger partial charge in [0.25, 0.3) is 0 Å². The van der Waals surface area contributed by atoms with E-state index in [-0.39, 0.29) is 29.4 Å². The molecule has 14 heteroatoms. The van der Waals surface area contributed by atoms with Crippen LogP contribution in [0.25, 0.3) is 17.1 Å². The molecule has 0 atom stereocenters. The normalized spacial score (nSPS) is 15.8. The lowest BCUT2D eigenvalue weighted by Crippen LogP contribution is -2.42. The molecule has 3 heterocycles. The van der Waals surface area contributed by atoms with Crippen molar-refractivity contribution in [2.75, 3.05) is 24.7 Å². The molecule has 1 aromatic carbocycles. The third-order valence-electron chi connectivity index (χ3n) is 6.21. The number of hydrogen-bond donors (Lipinski definition) is 2. The number of piperidine rings is 1. The number of aromatic nitrogens is 4. The van der Waals surface area contributed by atoms with Crippen molar-refractivity contribution in [1.29, 1.82) is 0 Å². The van der Waals surface area contributed by atoms with Crippen LogP contribution in [0.5, 0.6) is 0 Å². The van der Waals surface area contributed by atoms with Crippen LogP contribution in [0.2, 0.25) is 5.02 Å². The monoisotopic (exact) mass is 571 g/mol. The number of alkyl halides is 3. The van der Waals surface area contributed by atoms with Crippen molar-refractivity contribution >= 4 is 27.6 Å². The van der Waals surface area contributed by atoms with Crippen LogP contribution in [0, 0.1) is 0 Å².